The maximum Gasteiger partial charge on any atom is 0.0337 e. The van der Waals surface area contributed by atoms with Gasteiger partial charge in [-0.1, -0.05) is 33.1 Å². The topological polar surface area (TPSA) is 29.3 Å². The van der Waals surface area contributed by atoms with Crippen LogP contribution in [0.2, 0.25) is 0 Å². The average molecular weight is 280 g/mol. The van der Waals surface area contributed by atoms with Crippen LogP contribution in [0.1, 0.15) is 78.6 Å². The van der Waals surface area contributed by atoms with Gasteiger partial charge in [-0.15, -0.1) is 0 Å². The first-order valence-electron chi connectivity index (χ1n) is 9.13. The minimum Gasteiger partial charge on any atom is -0.329 e. The Labute approximate surface area is 126 Å². The first-order valence-corrected chi connectivity index (χ1v) is 9.13. The Morgan fingerprint density at radius 3 is 2.50 bits per heavy atom. The Kier molecular flexibility index (Phi) is 5.92. The lowest BCUT2D eigenvalue weighted by Gasteiger charge is -2.51. The van der Waals surface area contributed by atoms with Crippen molar-refractivity contribution in [1.82, 2.24) is 4.90 Å². The fourth-order valence-electron chi connectivity index (χ4n) is 4.39. The molecular formula is C18H36N2. The lowest BCUT2D eigenvalue weighted by molar-refractivity contribution is 0.000883. The molecule has 2 nitrogen and oxygen atoms in total. The zero-order valence-electron chi connectivity index (χ0n) is 14.0. The summed E-state index contributed by atoms with van der Waals surface area (Å²) in [6, 6.07) is 0.683. The maximum absolute atomic E-state index is 6.34. The molecule has 0 bridgehead atoms. The van der Waals surface area contributed by atoms with E-state index in [0.717, 1.165) is 18.4 Å². The summed E-state index contributed by atoms with van der Waals surface area (Å²) in [6.07, 6.45) is 12.4. The minimum atomic E-state index is 0.316. The first kappa shape index (κ1) is 16.3. The van der Waals surface area contributed by atoms with Crippen LogP contribution in [0.4, 0.5) is 0 Å². The second kappa shape index (κ2) is 7.26. The number of rotatable bonds is 8. The van der Waals surface area contributed by atoms with Crippen molar-refractivity contribution in [2.45, 2.75) is 90.1 Å². The summed E-state index contributed by atoms with van der Waals surface area (Å²) in [5.41, 5.74) is 6.66. The van der Waals surface area contributed by atoms with Crippen LogP contribution in [0.25, 0.3) is 0 Å². The van der Waals surface area contributed by atoms with E-state index in [9.17, 15) is 0 Å². The van der Waals surface area contributed by atoms with Gasteiger partial charge in [-0.3, -0.25) is 4.90 Å². The van der Waals surface area contributed by atoms with E-state index in [2.05, 4.69) is 25.7 Å². The number of nitrogens with two attached hydrogens (primary N) is 1. The lowest BCUT2D eigenvalue weighted by Crippen LogP contribution is -2.59. The number of hydrogen-bond acceptors (Lipinski definition) is 2. The molecule has 2 fully saturated rings. The Hall–Kier alpha value is -0.0800. The zero-order valence-corrected chi connectivity index (χ0v) is 14.0. The minimum absolute atomic E-state index is 0.316. The van der Waals surface area contributed by atoms with Crippen LogP contribution in [-0.4, -0.2) is 29.6 Å². The molecule has 2 aliphatic rings. The predicted molar refractivity (Wildman–Crippen MR) is 87.8 cm³/mol. The molecule has 2 saturated carbocycles. The molecule has 118 valence electrons. The molecule has 3 unspecified atom stereocenters. The molecule has 2 rings (SSSR count). The maximum atomic E-state index is 6.34. The number of unbranched alkanes of at least 4 members (excludes halogenated alkanes) is 1. The fourth-order valence-corrected chi connectivity index (χ4v) is 4.39. The van der Waals surface area contributed by atoms with Crippen molar-refractivity contribution in [3.63, 3.8) is 0 Å². The fraction of sp³-hybridized carbons (Fsp3) is 1.00. The van der Waals surface area contributed by atoms with E-state index in [1.54, 1.807) is 0 Å². The smallest absolute Gasteiger partial charge is 0.0337 e. The van der Waals surface area contributed by atoms with Crippen molar-refractivity contribution in [1.29, 1.82) is 0 Å². The van der Waals surface area contributed by atoms with Crippen LogP contribution >= 0.6 is 0 Å². The van der Waals surface area contributed by atoms with Crippen molar-refractivity contribution >= 4 is 0 Å². The van der Waals surface area contributed by atoms with Gasteiger partial charge in [0.05, 0.1) is 0 Å². The average Bonchev–Trinajstić information content (AvgIpc) is 3.32. The molecule has 3 atom stereocenters. The van der Waals surface area contributed by atoms with Crippen molar-refractivity contribution in [2.75, 3.05) is 13.1 Å². The third-order valence-electron chi connectivity index (χ3n) is 6.01. The highest BCUT2D eigenvalue weighted by Gasteiger charge is 2.45. The Morgan fingerprint density at radius 2 is 1.95 bits per heavy atom. The largest absolute Gasteiger partial charge is 0.329 e. The monoisotopic (exact) mass is 280 g/mol. The van der Waals surface area contributed by atoms with Gasteiger partial charge < -0.3 is 5.73 Å². The molecular weight excluding hydrogens is 244 g/mol. The number of hydrogen-bond donors (Lipinski definition) is 1. The summed E-state index contributed by atoms with van der Waals surface area (Å²) in [5, 5.41) is 0. The molecule has 2 heteroatoms. The molecule has 0 aromatic heterocycles. The van der Waals surface area contributed by atoms with Crippen LogP contribution in [-0.2, 0) is 0 Å². The molecule has 0 heterocycles. The van der Waals surface area contributed by atoms with Gasteiger partial charge in [0.25, 0.3) is 0 Å². The van der Waals surface area contributed by atoms with Crippen molar-refractivity contribution in [3.05, 3.63) is 0 Å². The summed E-state index contributed by atoms with van der Waals surface area (Å²) in [7, 11) is 0. The molecule has 2 aliphatic carbocycles. The van der Waals surface area contributed by atoms with Crippen LogP contribution in [0.3, 0.4) is 0 Å². The zero-order chi connectivity index (χ0) is 14.6. The Morgan fingerprint density at radius 1 is 1.20 bits per heavy atom. The van der Waals surface area contributed by atoms with Crippen LogP contribution in [0, 0.1) is 11.8 Å². The Balaban J connectivity index is 2.10. The first-order chi connectivity index (χ1) is 9.66. The summed E-state index contributed by atoms with van der Waals surface area (Å²) in [6.45, 7) is 9.16. The van der Waals surface area contributed by atoms with E-state index in [0.29, 0.717) is 11.6 Å². The number of nitrogens with zero attached hydrogens (tertiary/aromatic N) is 1. The molecule has 20 heavy (non-hydrogen) atoms. The summed E-state index contributed by atoms with van der Waals surface area (Å²) in [5.74, 6) is 2.02. The molecule has 0 amide bonds. The predicted octanol–water partition coefficient (Wildman–Crippen LogP) is 4.18. The highest BCUT2D eigenvalue weighted by atomic mass is 15.2. The van der Waals surface area contributed by atoms with E-state index < -0.39 is 0 Å². The van der Waals surface area contributed by atoms with Crippen LogP contribution in [0.5, 0.6) is 0 Å². The van der Waals surface area contributed by atoms with E-state index >= 15 is 0 Å². The van der Waals surface area contributed by atoms with Crippen LogP contribution in [0.15, 0.2) is 0 Å². The molecule has 0 aromatic carbocycles. The Bertz CT molecular complexity index is 287. The van der Waals surface area contributed by atoms with Crippen LogP contribution < -0.4 is 5.73 Å². The van der Waals surface area contributed by atoms with Crippen molar-refractivity contribution in [3.8, 4) is 0 Å². The molecule has 0 aliphatic heterocycles. The molecule has 0 aromatic rings. The second-order valence-electron chi connectivity index (χ2n) is 7.43. The standard InChI is InChI=1S/C18H36N2/c1-4-6-12-20(15(3)5-2)18(14-19)11-7-8-17(13-18)16-9-10-16/h15-17H,4-14,19H2,1-3H3. The van der Waals surface area contributed by atoms with Crippen molar-refractivity contribution < 1.29 is 0 Å². The summed E-state index contributed by atoms with van der Waals surface area (Å²) < 4.78 is 0. The van der Waals surface area contributed by atoms with E-state index in [4.69, 9.17) is 5.73 Å². The van der Waals surface area contributed by atoms with Gasteiger partial charge >= 0.3 is 0 Å². The molecule has 0 saturated heterocycles. The van der Waals surface area contributed by atoms with E-state index in [1.165, 1.54) is 64.3 Å². The van der Waals surface area contributed by atoms with Gasteiger partial charge in [-0.05, 0) is 63.8 Å². The third kappa shape index (κ3) is 3.57. The normalized spacial score (nSPS) is 32.5. The summed E-state index contributed by atoms with van der Waals surface area (Å²) >= 11 is 0. The van der Waals surface area contributed by atoms with E-state index in [1.807, 2.05) is 0 Å². The SMILES string of the molecule is CCCCN(C(C)CC)C1(CN)CCCC(C2CC2)C1. The quantitative estimate of drug-likeness (QED) is 0.722. The van der Waals surface area contributed by atoms with Gasteiger partial charge in [-0.2, -0.15) is 0 Å². The van der Waals surface area contributed by atoms with Crippen molar-refractivity contribution in [2.24, 2.45) is 17.6 Å². The molecule has 0 radical (unpaired) electrons. The lowest BCUT2D eigenvalue weighted by atomic mass is 9.72. The summed E-state index contributed by atoms with van der Waals surface area (Å²) in [4.78, 5) is 2.81. The highest BCUT2D eigenvalue weighted by molar-refractivity contribution is 5.00. The van der Waals surface area contributed by atoms with Gasteiger partial charge in [0.2, 0.25) is 0 Å². The molecule has 0 spiro atoms. The van der Waals surface area contributed by atoms with E-state index in [-0.39, 0.29) is 0 Å². The van der Waals surface area contributed by atoms with Gasteiger partial charge in [0, 0.05) is 18.1 Å². The second-order valence-corrected chi connectivity index (χ2v) is 7.43. The highest BCUT2D eigenvalue weighted by Crippen LogP contribution is 2.48. The van der Waals surface area contributed by atoms with Gasteiger partial charge in [0.1, 0.15) is 0 Å². The third-order valence-corrected chi connectivity index (χ3v) is 6.01. The van der Waals surface area contributed by atoms with Gasteiger partial charge in [0.15, 0.2) is 0 Å². The molecule has 2 N–H and O–H groups in total. The van der Waals surface area contributed by atoms with Gasteiger partial charge in [-0.25, -0.2) is 0 Å².